The van der Waals surface area contributed by atoms with Crippen molar-refractivity contribution < 1.29 is 8.42 Å². The van der Waals surface area contributed by atoms with Crippen LogP contribution in [0.2, 0.25) is 0 Å². The summed E-state index contributed by atoms with van der Waals surface area (Å²) in [6.07, 6.45) is 6.53. The van der Waals surface area contributed by atoms with E-state index in [1.807, 2.05) is 0 Å². The molecule has 0 amide bonds. The van der Waals surface area contributed by atoms with E-state index in [4.69, 9.17) is 12.2 Å². The average Bonchev–Trinajstić information content (AvgIpc) is 2.44. The molecule has 0 bridgehead atoms. The highest BCUT2D eigenvalue weighted by Gasteiger charge is 2.27. The molecule has 0 radical (unpaired) electrons. The summed E-state index contributed by atoms with van der Waals surface area (Å²) in [6.45, 7) is 3.16. The largest absolute Gasteiger partial charge is 0.381 e. The maximum Gasteiger partial charge on any atom is 0.247 e. The molecule has 0 saturated carbocycles. The number of hydrogen-bond donors (Lipinski definition) is 2. The molecular formula is C9H14N4O2S. The van der Waals surface area contributed by atoms with Gasteiger partial charge in [-0.1, -0.05) is 5.92 Å². The number of sulfonamides is 1. The topological polar surface area (TPSA) is 90.0 Å². The van der Waals surface area contributed by atoms with Crippen molar-refractivity contribution in [2.24, 2.45) is 7.05 Å². The zero-order chi connectivity index (χ0) is 12.6. The molecular weight excluding hydrogens is 228 g/mol. The molecule has 0 atom stereocenters. The maximum atomic E-state index is 11.9. The van der Waals surface area contributed by atoms with E-state index in [0.717, 1.165) is 0 Å². The zero-order valence-corrected chi connectivity index (χ0v) is 10.2. The van der Waals surface area contributed by atoms with E-state index >= 15 is 0 Å². The summed E-state index contributed by atoms with van der Waals surface area (Å²) in [5, 5.41) is 3.76. The van der Waals surface area contributed by atoms with Crippen molar-refractivity contribution in [1.82, 2.24) is 14.5 Å². The van der Waals surface area contributed by atoms with Crippen LogP contribution in [0.25, 0.3) is 0 Å². The highest BCUT2D eigenvalue weighted by molar-refractivity contribution is 7.89. The lowest BCUT2D eigenvalue weighted by Crippen LogP contribution is -2.42. The lowest BCUT2D eigenvalue weighted by molar-refractivity contribution is 0.539. The first kappa shape index (κ1) is 12.5. The first-order chi connectivity index (χ1) is 7.18. The number of nitrogens with two attached hydrogens (primary N) is 1. The molecule has 16 heavy (non-hydrogen) atoms. The number of hydrogen-bond acceptors (Lipinski definition) is 4. The van der Waals surface area contributed by atoms with Gasteiger partial charge in [0.2, 0.25) is 10.0 Å². The number of nitrogens with one attached hydrogen (secondary N) is 1. The molecule has 0 saturated heterocycles. The molecule has 0 aliphatic rings. The van der Waals surface area contributed by atoms with Crippen molar-refractivity contribution in [2.45, 2.75) is 24.3 Å². The van der Waals surface area contributed by atoms with Crippen molar-refractivity contribution in [2.75, 3.05) is 5.73 Å². The van der Waals surface area contributed by atoms with Crippen LogP contribution in [0.15, 0.2) is 11.1 Å². The summed E-state index contributed by atoms with van der Waals surface area (Å²) < 4.78 is 27.5. The van der Waals surface area contributed by atoms with Gasteiger partial charge in [-0.3, -0.25) is 4.68 Å². The summed E-state index contributed by atoms with van der Waals surface area (Å²) in [4.78, 5) is -0.0710. The number of aryl methyl sites for hydroxylation is 1. The first-order valence-electron chi connectivity index (χ1n) is 4.49. The predicted octanol–water partition coefficient (Wildman–Crippen LogP) is -0.308. The van der Waals surface area contributed by atoms with E-state index in [2.05, 4.69) is 15.7 Å². The Morgan fingerprint density at radius 2 is 2.19 bits per heavy atom. The molecule has 0 fully saturated rings. The predicted molar refractivity (Wildman–Crippen MR) is 60.9 cm³/mol. The molecule has 1 aromatic heterocycles. The van der Waals surface area contributed by atoms with Crippen molar-refractivity contribution in [1.29, 1.82) is 0 Å². The zero-order valence-electron chi connectivity index (χ0n) is 9.35. The number of aromatic nitrogens is 2. The number of terminal acetylenes is 1. The molecule has 3 N–H and O–H groups in total. The second kappa shape index (κ2) is 3.81. The Kier molecular flexibility index (Phi) is 2.99. The molecule has 7 heteroatoms. The van der Waals surface area contributed by atoms with Gasteiger partial charge in [0.15, 0.2) is 5.82 Å². The third-order valence-corrected chi connectivity index (χ3v) is 3.53. The smallest absolute Gasteiger partial charge is 0.247 e. The third-order valence-electron chi connectivity index (χ3n) is 1.86. The van der Waals surface area contributed by atoms with E-state index in [0.29, 0.717) is 0 Å². The molecule has 88 valence electrons. The SMILES string of the molecule is C#CC(C)(C)NS(=O)(=O)c1cn(C)nc1N. The molecule has 1 rings (SSSR count). The van der Waals surface area contributed by atoms with E-state index in [9.17, 15) is 8.42 Å². The molecule has 1 heterocycles. The highest BCUT2D eigenvalue weighted by atomic mass is 32.2. The normalized spacial score (nSPS) is 12.4. The van der Waals surface area contributed by atoms with E-state index in [1.54, 1.807) is 20.9 Å². The second-order valence-electron chi connectivity index (χ2n) is 3.93. The van der Waals surface area contributed by atoms with Gasteiger partial charge in [-0.25, -0.2) is 8.42 Å². The van der Waals surface area contributed by atoms with Crippen LogP contribution in [0.1, 0.15) is 13.8 Å². The van der Waals surface area contributed by atoms with Gasteiger partial charge in [0, 0.05) is 13.2 Å². The van der Waals surface area contributed by atoms with Crippen LogP contribution < -0.4 is 10.5 Å². The second-order valence-corrected chi connectivity index (χ2v) is 5.58. The molecule has 0 unspecified atom stereocenters. The lowest BCUT2D eigenvalue weighted by Gasteiger charge is -2.18. The number of anilines is 1. The van der Waals surface area contributed by atoms with Gasteiger partial charge in [0.25, 0.3) is 0 Å². The standard InChI is InChI=1S/C9H14N4O2S/c1-5-9(2,3)12-16(14,15)7-6-13(4)11-8(7)10/h1,6,12H,2-4H3,(H2,10,11). The Labute approximate surface area is 94.9 Å². The van der Waals surface area contributed by atoms with Crippen molar-refractivity contribution in [3.63, 3.8) is 0 Å². The van der Waals surface area contributed by atoms with Crippen LogP contribution in [-0.2, 0) is 17.1 Å². The van der Waals surface area contributed by atoms with Gasteiger partial charge in [-0.2, -0.15) is 9.82 Å². The van der Waals surface area contributed by atoms with Gasteiger partial charge in [-0.15, -0.1) is 6.42 Å². The van der Waals surface area contributed by atoms with Crippen LogP contribution >= 0.6 is 0 Å². The minimum absolute atomic E-state index is 0.0529. The highest BCUT2D eigenvalue weighted by Crippen LogP contribution is 2.17. The molecule has 0 aliphatic carbocycles. The Morgan fingerprint density at radius 3 is 2.56 bits per heavy atom. The van der Waals surface area contributed by atoms with Gasteiger partial charge >= 0.3 is 0 Å². The monoisotopic (exact) mass is 242 g/mol. The summed E-state index contributed by atoms with van der Waals surface area (Å²) in [6, 6.07) is 0. The van der Waals surface area contributed by atoms with Crippen molar-refractivity contribution in [3.05, 3.63) is 6.20 Å². The molecule has 1 aromatic rings. The Bertz CT molecular complexity index is 536. The fourth-order valence-corrected chi connectivity index (χ4v) is 2.56. The van der Waals surface area contributed by atoms with Crippen LogP contribution in [0, 0.1) is 12.3 Å². The average molecular weight is 242 g/mol. The first-order valence-corrected chi connectivity index (χ1v) is 5.97. The molecule has 6 nitrogen and oxygen atoms in total. The van der Waals surface area contributed by atoms with Crippen molar-refractivity contribution >= 4 is 15.8 Å². The van der Waals surface area contributed by atoms with Gasteiger partial charge in [-0.05, 0) is 13.8 Å². The fraction of sp³-hybridized carbons (Fsp3) is 0.444. The van der Waals surface area contributed by atoms with Crippen LogP contribution in [-0.4, -0.2) is 23.7 Å². The minimum Gasteiger partial charge on any atom is -0.381 e. The van der Waals surface area contributed by atoms with E-state index in [-0.39, 0.29) is 10.7 Å². The van der Waals surface area contributed by atoms with Gasteiger partial charge in [0.05, 0.1) is 5.54 Å². The van der Waals surface area contributed by atoms with E-state index < -0.39 is 15.6 Å². The minimum atomic E-state index is -3.74. The van der Waals surface area contributed by atoms with Crippen LogP contribution in [0.5, 0.6) is 0 Å². The maximum absolute atomic E-state index is 11.9. The van der Waals surface area contributed by atoms with Gasteiger partial charge in [0.1, 0.15) is 4.90 Å². The lowest BCUT2D eigenvalue weighted by atomic mass is 10.1. The molecule has 0 aromatic carbocycles. The Balaban J connectivity index is 3.15. The number of nitrogens with zero attached hydrogens (tertiary/aromatic N) is 2. The third kappa shape index (κ3) is 2.53. The Hall–Kier alpha value is -1.52. The number of nitrogen functional groups attached to an aromatic ring is 1. The van der Waals surface area contributed by atoms with Gasteiger partial charge < -0.3 is 5.73 Å². The van der Waals surface area contributed by atoms with E-state index in [1.165, 1.54) is 10.9 Å². The summed E-state index contributed by atoms with van der Waals surface area (Å²) in [5.41, 5.74) is 4.51. The number of rotatable bonds is 3. The molecule has 0 aliphatic heterocycles. The molecule has 0 spiro atoms. The summed E-state index contributed by atoms with van der Waals surface area (Å²) in [7, 11) is -2.16. The van der Waals surface area contributed by atoms with Crippen LogP contribution in [0.4, 0.5) is 5.82 Å². The summed E-state index contributed by atoms with van der Waals surface area (Å²) >= 11 is 0. The quantitative estimate of drug-likeness (QED) is 0.712. The van der Waals surface area contributed by atoms with Crippen LogP contribution in [0.3, 0.4) is 0 Å². The van der Waals surface area contributed by atoms with Crippen molar-refractivity contribution in [3.8, 4) is 12.3 Å². The fourth-order valence-electron chi connectivity index (χ4n) is 1.11. The Morgan fingerprint density at radius 1 is 1.62 bits per heavy atom. The summed E-state index contributed by atoms with van der Waals surface area (Å²) in [5.74, 6) is 2.28.